The predicted octanol–water partition coefficient (Wildman–Crippen LogP) is 5.03. The van der Waals surface area contributed by atoms with Gasteiger partial charge in [-0.1, -0.05) is 73.6 Å². The molecule has 1 amide bonds. The molecule has 2 aromatic carbocycles. The second-order valence-corrected chi connectivity index (χ2v) is 8.36. The van der Waals surface area contributed by atoms with E-state index in [0.29, 0.717) is 5.56 Å². The van der Waals surface area contributed by atoms with Crippen molar-refractivity contribution in [3.63, 3.8) is 0 Å². The number of thioether (sulfide) groups is 1. The van der Waals surface area contributed by atoms with Gasteiger partial charge in [0.2, 0.25) is 0 Å². The SMILES string of the molecule is CCn1c(SCc2ccc(C)cc2)nnc1[C@@H](NC(=O)c1ccccc1)C(C)C. The van der Waals surface area contributed by atoms with Crippen LogP contribution in [0.4, 0.5) is 0 Å². The zero-order valence-corrected chi connectivity index (χ0v) is 18.2. The number of hydrogen-bond acceptors (Lipinski definition) is 4. The van der Waals surface area contributed by atoms with E-state index in [4.69, 9.17) is 0 Å². The van der Waals surface area contributed by atoms with Gasteiger partial charge in [0, 0.05) is 17.9 Å². The highest BCUT2D eigenvalue weighted by atomic mass is 32.2. The first kappa shape index (κ1) is 21.1. The molecule has 0 bridgehead atoms. The van der Waals surface area contributed by atoms with Crippen molar-refractivity contribution in [2.75, 3.05) is 0 Å². The summed E-state index contributed by atoms with van der Waals surface area (Å²) < 4.78 is 2.11. The molecule has 1 atom stereocenters. The number of carbonyl (C=O) groups excluding carboxylic acids is 1. The minimum absolute atomic E-state index is 0.0937. The second kappa shape index (κ2) is 9.74. The largest absolute Gasteiger partial charge is 0.342 e. The molecule has 1 heterocycles. The highest BCUT2D eigenvalue weighted by molar-refractivity contribution is 7.98. The normalized spacial score (nSPS) is 12.2. The Morgan fingerprint density at radius 2 is 1.76 bits per heavy atom. The van der Waals surface area contributed by atoms with Gasteiger partial charge in [-0.25, -0.2) is 0 Å². The topological polar surface area (TPSA) is 59.8 Å². The smallest absolute Gasteiger partial charge is 0.251 e. The number of rotatable bonds is 8. The molecule has 0 aliphatic heterocycles. The van der Waals surface area contributed by atoms with Crippen LogP contribution < -0.4 is 5.32 Å². The van der Waals surface area contributed by atoms with Crippen LogP contribution in [0.3, 0.4) is 0 Å². The number of hydrogen-bond donors (Lipinski definition) is 1. The van der Waals surface area contributed by atoms with Crippen molar-refractivity contribution < 1.29 is 4.79 Å². The summed E-state index contributed by atoms with van der Waals surface area (Å²) in [6.45, 7) is 9.10. The Balaban J connectivity index is 1.78. The molecule has 0 saturated carbocycles. The lowest BCUT2D eigenvalue weighted by molar-refractivity contribution is 0.0922. The minimum Gasteiger partial charge on any atom is -0.342 e. The van der Waals surface area contributed by atoms with Gasteiger partial charge in [-0.2, -0.15) is 0 Å². The lowest BCUT2D eigenvalue weighted by Crippen LogP contribution is -2.33. The molecule has 5 nitrogen and oxygen atoms in total. The van der Waals surface area contributed by atoms with Crippen molar-refractivity contribution in [1.29, 1.82) is 0 Å². The molecule has 0 fully saturated rings. The number of aromatic nitrogens is 3. The third kappa shape index (κ3) is 5.26. The van der Waals surface area contributed by atoms with Gasteiger partial charge in [-0.15, -0.1) is 10.2 Å². The second-order valence-electron chi connectivity index (χ2n) is 7.42. The summed E-state index contributed by atoms with van der Waals surface area (Å²) in [6.07, 6.45) is 0. The molecule has 3 aromatic rings. The zero-order valence-electron chi connectivity index (χ0n) is 17.4. The van der Waals surface area contributed by atoms with Crippen molar-refractivity contribution >= 4 is 17.7 Å². The first-order chi connectivity index (χ1) is 14.0. The maximum atomic E-state index is 12.7. The van der Waals surface area contributed by atoms with E-state index in [1.807, 2.05) is 30.3 Å². The molecular formula is C23H28N4OS. The highest BCUT2D eigenvalue weighted by Crippen LogP contribution is 2.27. The van der Waals surface area contributed by atoms with Crippen molar-refractivity contribution in [3.8, 4) is 0 Å². The Hall–Kier alpha value is -2.60. The van der Waals surface area contributed by atoms with Crippen LogP contribution in [-0.4, -0.2) is 20.7 Å². The van der Waals surface area contributed by atoms with Crippen molar-refractivity contribution in [2.45, 2.75) is 51.2 Å². The van der Waals surface area contributed by atoms with Gasteiger partial charge in [0.25, 0.3) is 5.91 Å². The maximum Gasteiger partial charge on any atom is 0.251 e. The molecule has 6 heteroatoms. The van der Waals surface area contributed by atoms with Crippen molar-refractivity contribution in [3.05, 3.63) is 77.1 Å². The van der Waals surface area contributed by atoms with E-state index in [0.717, 1.165) is 23.3 Å². The Kier molecular flexibility index (Phi) is 7.09. The van der Waals surface area contributed by atoms with Gasteiger partial charge in [0.1, 0.15) is 0 Å². The predicted molar refractivity (Wildman–Crippen MR) is 118 cm³/mol. The van der Waals surface area contributed by atoms with Crippen LogP contribution in [-0.2, 0) is 12.3 Å². The summed E-state index contributed by atoms with van der Waals surface area (Å²) in [4.78, 5) is 12.7. The van der Waals surface area contributed by atoms with Crippen LogP contribution >= 0.6 is 11.8 Å². The van der Waals surface area contributed by atoms with E-state index in [2.05, 4.69) is 72.0 Å². The fourth-order valence-corrected chi connectivity index (χ4v) is 4.07. The molecular weight excluding hydrogens is 380 g/mol. The van der Waals surface area contributed by atoms with Gasteiger partial charge >= 0.3 is 0 Å². The molecule has 0 saturated heterocycles. The fraction of sp³-hybridized carbons (Fsp3) is 0.348. The Labute approximate surface area is 176 Å². The van der Waals surface area contributed by atoms with Gasteiger partial charge in [-0.3, -0.25) is 4.79 Å². The van der Waals surface area contributed by atoms with E-state index in [9.17, 15) is 4.79 Å². The third-order valence-electron chi connectivity index (χ3n) is 4.82. The average molecular weight is 409 g/mol. The van der Waals surface area contributed by atoms with Crippen molar-refractivity contribution in [2.24, 2.45) is 5.92 Å². The Morgan fingerprint density at radius 1 is 1.07 bits per heavy atom. The molecule has 29 heavy (non-hydrogen) atoms. The molecule has 3 rings (SSSR count). The molecule has 152 valence electrons. The van der Waals surface area contributed by atoms with Crippen LogP contribution in [0.25, 0.3) is 0 Å². The number of carbonyl (C=O) groups is 1. The Bertz CT molecular complexity index is 935. The molecule has 0 spiro atoms. The molecule has 0 unspecified atom stereocenters. The Morgan fingerprint density at radius 3 is 2.38 bits per heavy atom. The van der Waals surface area contributed by atoms with E-state index in [1.54, 1.807) is 11.8 Å². The first-order valence-electron chi connectivity index (χ1n) is 9.97. The van der Waals surface area contributed by atoms with E-state index < -0.39 is 0 Å². The highest BCUT2D eigenvalue weighted by Gasteiger charge is 2.26. The number of amides is 1. The lowest BCUT2D eigenvalue weighted by Gasteiger charge is -2.22. The minimum atomic E-state index is -0.205. The van der Waals surface area contributed by atoms with E-state index in [-0.39, 0.29) is 17.9 Å². The number of aryl methyl sites for hydroxylation is 1. The van der Waals surface area contributed by atoms with Gasteiger partial charge < -0.3 is 9.88 Å². The van der Waals surface area contributed by atoms with Crippen LogP contribution in [0.15, 0.2) is 59.8 Å². The van der Waals surface area contributed by atoms with E-state index >= 15 is 0 Å². The zero-order chi connectivity index (χ0) is 20.8. The first-order valence-corrected chi connectivity index (χ1v) is 11.0. The van der Waals surface area contributed by atoms with E-state index in [1.165, 1.54) is 11.1 Å². The third-order valence-corrected chi connectivity index (χ3v) is 5.86. The van der Waals surface area contributed by atoms with Gasteiger partial charge in [0.15, 0.2) is 11.0 Å². The summed E-state index contributed by atoms with van der Waals surface area (Å²) in [5, 5.41) is 12.9. The number of nitrogens with one attached hydrogen (secondary N) is 1. The summed E-state index contributed by atoms with van der Waals surface area (Å²) in [6, 6.07) is 17.6. The van der Waals surface area contributed by atoms with Crippen LogP contribution in [0, 0.1) is 12.8 Å². The summed E-state index contributed by atoms with van der Waals surface area (Å²) in [7, 11) is 0. The van der Waals surface area contributed by atoms with Crippen LogP contribution in [0.2, 0.25) is 0 Å². The summed E-state index contributed by atoms with van der Waals surface area (Å²) in [5.74, 6) is 1.73. The molecule has 0 radical (unpaired) electrons. The van der Waals surface area contributed by atoms with Crippen LogP contribution in [0.1, 0.15) is 54.1 Å². The number of nitrogens with zero attached hydrogens (tertiary/aromatic N) is 3. The molecule has 1 N–H and O–H groups in total. The lowest BCUT2D eigenvalue weighted by atomic mass is 10.0. The molecule has 0 aliphatic rings. The van der Waals surface area contributed by atoms with Crippen LogP contribution in [0.5, 0.6) is 0 Å². The monoisotopic (exact) mass is 408 g/mol. The fourth-order valence-electron chi connectivity index (χ4n) is 3.11. The summed E-state index contributed by atoms with van der Waals surface area (Å²) >= 11 is 1.67. The maximum absolute atomic E-state index is 12.7. The summed E-state index contributed by atoms with van der Waals surface area (Å²) in [5.41, 5.74) is 3.16. The van der Waals surface area contributed by atoms with Gasteiger partial charge in [-0.05, 0) is 37.5 Å². The average Bonchev–Trinajstić information content (AvgIpc) is 3.14. The number of benzene rings is 2. The molecule has 0 aliphatic carbocycles. The quantitative estimate of drug-likeness (QED) is 0.531. The standard InChI is InChI=1S/C23H28N4OS/c1-5-27-21(20(16(2)3)24-22(28)19-9-7-6-8-10-19)25-26-23(27)29-15-18-13-11-17(4)12-14-18/h6-14,16,20H,5,15H2,1-4H3,(H,24,28)/t20-/m0/s1. The van der Waals surface area contributed by atoms with Crippen molar-refractivity contribution in [1.82, 2.24) is 20.1 Å². The molecule has 1 aromatic heterocycles. The van der Waals surface area contributed by atoms with Gasteiger partial charge in [0.05, 0.1) is 6.04 Å².